The van der Waals surface area contributed by atoms with Crippen molar-refractivity contribution in [3.63, 3.8) is 0 Å². The molecule has 0 aromatic rings. The molecule has 1 unspecified atom stereocenters. The van der Waals surface area contributed by atoms with Crippen molar-refractivity contribution in [3.8, 4) is 0 Å². The van der Waals surface area contributed by atoms with E-state index in [9.17, 15) is 4.79 Å². The van der Waals surface area contributed by atoms with Gasteiger partial charge >= 0.3 is 0 Å². The lowest BCUT2D eigenvalue weighted by Gasteiger charge is -2.08. The molecule has 0 saturated carbocycles. The topological polar surface area (TPSA) is 66.0 Å². The zero-order valence-corrected chi connectivity index (χ0v) is 17.0. The molecular weight excluding hydrogens is 362 g/mol. The van der Waals surface area contributed by atoms with Crippen LogP contribution in [0.3, 0.4) is 0 Å². The minimum Gasteiger partial charge on any atom is -0.382 e. The first kappa shape index (κ1) is 23.0. The van der Waals surface area contributed by atoms with Crippen molar-refractivity contribution in [2.45, 2.75) is 37.4 Å². The van der Waals surface area contributed by atoms with E-state index in [0.717, 1.165) is 18.1 Å². The second-order valence-corrected chi connectivity index (χ2v) is 8.54. The second kappa shape index (κ2) is 17.4. The van der Waals surface area contributed by atoms with Crippen molar-refractivity contribution in [2.24, 2.45) is 0 Å². The zero-order chi connectivity index (χ0) is 18.0. The highest BCUT2D eigenvalue weighted by Gasteiger charge is 2.15. The Bertz CT molecular complexity index is 317. The van der Waals surface area contributed by atoms with E-state index in [1.165, 1.54) is 18.6 Å². The normalized spacial score (nSPS) is 17.1. The van der Waals surface area contributed by atoms with Gasteiger partial charge in [-0.3, -0.25) is 4.79 Å². The smallest absolute Gasteiger partial charge is 0.220 e. The maximum absolute atomic E-state index is 11.7. The molecule has 1 heterocycles. The zero-order valence-electron chi connectivity index (χ0n) is 15.3. The van der Waals surface area contributed by atoms with Gasteiger partial charge in [0.2, 0.25) is 5.91 Å². The molecule has 1 aliphatic heterocycles. The Morgan fingerprint density at radius 1 is 1.00 bits per heavy atom. The Morgan fingerprint density at radius 2 is 1.68 bits per heavy atom. The predicted molar refractivity (Wildman–Crippen MR) is 104 cm³/mol. The summed E-state index contributed by atoms with van der Waals surface area (Å²) in [6.45, 7) is 4.48. The summed E-state index contributed by atoms with van der Waals surface area (Å²) in [4.78, 5) is 11.7. The molecule has 148 valence electrons. The van der Waals surface area contributed by atoms with Crippen LogP contribution in [0.15, 0.2) is 0 Å². The molecule has 0 aromatic heterocycles. The number of ether oxygens (including phenoxy) is 4. The minimum absolute atomic E-state index is 0.126. The van der Waals surface area contributed by atoms with Gasteiger partial charge in [0.15, 0.2) is 0 Å². The number of nitrogens with one attached hydrogen (secondary N) is 1. The molecule has 0 radical (unpaired) electrons. The largest absolute Gasteiger partial charge is 0.382 e. The minimum atomic E-state index is 0.126. The monoisotopic (exact) mass is 395 g/mol. The van der Waals surface area contributed by atoms with E-state index in [2.05, 4.69) is 5.32 Å². The molecule has 1 atom stereocenters. The maximum atomic E-state index is 11.7. The average Bonchev–Trinajstić information content (AvgIpc) is 3.13. The Kier molecular flexibility index (Phi) is 16.1. The number of hydrogen-bond acceptors (Lipinski definition) is 7. The van der Waals surface area contributed by atoms with Gasteiger partial charge in [-0.25, -0.2) is 0 Å². The molecule has 1 saturated heterocycles. The number of methoxy groups -OCH3 is 1. The summed E-state index contributed by atoms with van der Waals surface area (Å²) >= 11 is 0. The van der Waals surface area contributed by atoms with E-state index in [0.29, 0.717) is 59.2 Å². The molecule has 1 aliphatic rings. The summed E-state index contributed by atoms with van der Waals surface area (Å²) in [6, 6.07) is 0. The molecular formula is C17H33NO5S2. The number of carbonyl (C=O) groups is 1. The van der Waals surface area contributed by atoms with E-state index >= 15 is 0 Å². The third-order valence-corrected chi connectivity index (χ3v) is 6.66. The first-order chi connectivity index (χ1) is 12.3. The molecule has 0 spiro atoms. The van der Waals surface area contributed by atoms with Crippen molar-refractivity contribution < 1.29 is 23.7 Å². The van der Waals surface area contributed by atoms with Crippen molar-refractivity contribution in [2.75, 3.05) is 65.7 Å². The molecule has 1 N–H and O–H groups in total. The number of hydrogen-bond donors (Lipinski definition) is 1. The fourth-order valence-electron chi connectivity index (χ4n) is 2.26. The van der Waals surface area contributed by atoms with E-state index in [4.69, 9.17) is 18.9 Å². The standard InChI is InChI=1S/C17H33NO5S2/c1-20-9-10-22-13-14-23-12-11-21-8-7-18-17(19)5-3-2-4-16-6-15-24-25-16/h16H,2-15H2,1H3,(H,18,19). The van der Waals surface area contributed by atoms with Gasteiger partial charge in [-0.05, 0) is 19.3 Å². The first-order valence-corrected chi connectivity index (χ1v) is 11.5. The first-order valence-electron chi connectivity index (χ1n) is 9.10. The molecule has 1 fully saturated rings. The van der Waals surface area contributed by atoms with Gasteiger partial charge < -0.3 is 24.3 Å². The van der Waals surface area contributed by atoms with Gasteiger partial charge in [-0.1, -0.05) is 28.0 Å². The number of unbranched alkanes of at least 4 members (excludes halogenated alkanes) is 1. The summed E-state index contributed by atoms with van der Waals surface area (Å²) in [7, 11) is 5.63. The lowest BCUT2D eigenvalue weighted by Crippen LogP contribution is -2.27. The quantitative estimate of drug-likeness (QED) is 0.300. The van der Waals surface area contributed by atoms with Crippen LogP contribution in [0.1, 0.15) is 32.1 Å². The Morgan fingerprint density at radius 3 is 2.32 bits per heavy atom. The number of rotatable bonds is 17. The highest BCUT2D eigenvalue weighted by atomic mass is 33.1. The lowest BCUT2D eigenvalue weighted by atomic mass is 10.1. The summed E-state index contributed by atoms with van der Waals surface area (Å²) in [5.74, 6) is 1.41. The summed E-state index contributed by atoms with van der Waals surface area (Å²) in [6.07, 6.45) is 5.31. The highest BCUT2D eigenvalue weighted by Crippen LogP contribution is 2.39. The average molecular weight is 396 g/mol. The van der Waals surface area contributed by atoms with Crippen molar-refractivity contribution in [3.05, 3.63) is 0 Å². The van der Waals surface area contributed by atoms with Crippen LogP contribution in [0, 0.1) is 0 Å². The molecule has 0 bridgehead atoms. The van der Waals surface area contributed by atoms with Crippen LogP contribution in [0.4, 0.5) is 0 Å². The van der Waals surface area contributed by atoms with Gasteiger partial charge in [-0.2, -0.15) is 0 Å². The third-order valence-electron chi connectivity index (χ3n) is 3.65. The van der Waals surface area contributed by atoms with Gasteiger partial charge in [0.05, 0.1) is 46.2 Å². The second-order valence-electron chi connectivity index (χ2n) is 5.75. The van der Waals surface area contributed by atoms with Crippen molar-refractivity contribution in [1.29, 1.82) is 0 Å². The fraction of sp³-hybridized carbons (Fsp3) is 0.941. The SMILES string of the molecule is COCCOCCOCCOCCNC(=O)CCCCC1CCSS1. The third kappa shape index (κ3) is 14.8. The molecule has 0 aliphatic carbocycles. The van der Waals surface area contributed by atoms with Crippen LogP contribution in [-0.4, -0.2) is 76.8 Å². The van der Waals surface area contributed by atoms with Crippen LogP contribution in [0.5, 0.6) is 0 Å². The van der Waals surface area contributed by atoms with Crippen LogP contribution >= 0.6 is 21.6 Å². The predicted octanol–water partition coefficient (Wildman–Crippen LogP) is 2.51. The van der Waals surface area contributed by atoms with E-state index in [-0.39, 0.29) is 5.91 Å². The van der Waals surface area contributed by atoms with Crippen LogP contribution < -0.4 is 5.32 Å². The Labute approximate surface area is 159 Å². The summed E-state index contributed by atoms with van der Waals surface area (Å²) in [5.41, 5.74) is 0. The van der Waals surface area contributed by atoms with Crippen LogP contribution in [-0.2, 0) is 23.7 Å². The van der Waals surface area contributed by atoms with Gasteiger partial charge in [0.1, 0.15) is 0 Å². The molecule has 8 heteroatoms. The van der Waals surface area contributed by atoms with E-state index < -0.39 is 0 Å². The van der Waals surface area contributed by atoms with Crippen molar-refractivity contribution >= 4 is 27.5 Å². The number of carbonyl (C=O) groups excluding carboxylic acids is 1. The van der Waals surface area contributed by atoms with Gasteiger partial charge in [-0.15, -0.1) is 0 Å². The highest BCUT2D eigenvalue weighted by molar-refractivity contribution is 8.77. The molecule has 25 heavy (non-hydrogen) atoms. The fourth-order valence-corrected chi connectivity index (χ4v) is 5.28. The van der Waals surface area contributed by atoms with E-state index in [1.54, 1.807) is 7.11 Å². The van der Waals surface area contributed by atoms with Crippen molar-refractivity contribution in [1.82, 2.24) is 5.32 Å². The number of amides is 1. The summed E-state index contributed by atoms with van der Waals surface area (Å²) in [5, 5.41) is 3.70. The molecule has 6 nitrogen and oxygen atoms in total. The Balaban J connectivity index is 1.73. The molecule has 0 aromatic carbocycles. The van der Waals surface area contributed by atoms with E-state index in [1.807, 2.05) is 21.6 Å². The summed E-state index contributed by atoms with van der Waals surface area (Å²) < 4.78 is 20.9. The molecule has 1 rings (SSSR count). The van der Waals surface area contributed by atoms with Crippen LogP contribution in [0.25, 0.3) is 0 Å². The maximum Gasteiger partial charge on any atom is 0.220 e. The van der Waals surface area contributed by atoms with Crippen LogP contribution in [0.2, 0.25) is 0 Å². The van der Waals surface area contributed by atoms with Gasteiger partial charge in [0, 0.05) is 31.1 Å². The lowest BCUT2D eigenvalue weighted by molar-refractivity contribution is -0.121. The van der Waals surface area contributed by atoms with Gasteiger partial charge in [0.25, 0.3) is 0 Å². The molecule has 1 amide bonds. The Hall–Kier alpha value is 0.0100.